The Kier molecular flexibility index (Phi) is 4.11. The Bertz CT molecular complexity index is 1870. The molecule has 0 saturated heterocycles. The zero-order valence-corrected chi connectivity index (χ0v) is 18.2. The molecule has 0 amide bonds. The van der Waals surface area contributed by atoms with E-state index >= 15 is 0 Å². The van der Waals surface area contributed by atoms with Gasteiger partial charge in [-0.2, -0.15) is 0 Å². The van der Waals surface area contributed by atoms with Gasteiger partial charge in [-0.3, -0.25) is 9.97 Å². The standard InChI is InChI=1S/C30H18N4/c1-2-8-20-17-22(14-13-19(20)7-1)30-33-26-12-4-3-10-24(26)28(34-30)25-18-21-9-5-15-31-27(21)29-23(25)11-6-16-32-29/h1-18H. The SMILES string of the molecule is c1ccc2cc(-c3nc(-c4cc5cccnc5c5ncccc45)c4ccccc4n3)ccc2c1. The second kappa shape index (κ2) is 7.42. The molecule has 0 spiro atoms. The first kappa shape index (κ1) is 18.8. The van der Waals surface area contributed by atoms with Gasteiger partial charge in [0.05, 0.1) is 22.2 Å². The lowest BCUT2D eigenvalue weighted by molar-refractivity contribution is 1.23. The fourth-order valence-electron chi connectivity index (χ4n) is 4.71. The van der Waals surface area contributed by atoms with E-state index in [-0.39, 0.29) is 0 Å². The van der Waals surface area contributed by atoms with Crippen LogP contribution in [0.1, 0.15) is 0 Å². The van der Waals surface area contributed by atoms with Gasteiger partial charge in [-0.25, -0.2) is 9.97 Å². The Labute approximate surface area is 195 Å². The van der Waals surface area contributed by atoms with E-state index < -0.39 is 0 Å². The summed E-state index contributed by atoms with van der Waals surface area (Å²) in [4.78, 5) is 19.4. The quantitative estimate of drug-likeness (QED) is 0.270. The third-order valence-corrected chi connectivity index (χ3v) is 6.33. The molecule has 4 aromatic carbocycles. The molecule has 0 aliphatic carbocycles. The second-order valence-corrected chi connectivity index (χ2v) is 8.37. The van der Waals surface area contributed by atoms with Crippen LogP contribution in [0.4, 0.5) is 0 Å². The largest absolute Gasteiger partial charge is 0.254 e. The van der Waals surface area contributed by atoms with Crippen molar-refractivity contribution in [3.63, 3.8) is 0 Å². The normalized spacial score (nSPS) is 11.5. The van der Waals surface area contributed by atoms with Crippen LogP contribution in [0.2, 0.25) is 0 Å². The molecule has 0 saturated carbocycles. The fraction of sp³-hybridized carbons (Fsp3) is 0. The zero-order valence-electron chi connectivity index (χ0n) is 18.2. The van der Waals surface area contributed by atoms with E-state index in [2.05, 4.69) is 76.7 Å². The van der Waals surface area contributed by atoms with E-state index in [9.17, 15) is 0 Å². The summed E-state index contributed by atoms with van der Waals surface area (Å²) < 4.78 is 0. The summed E-state index contributed by atoms with van der Waals surface area (Å²) in [6, 6.07) is 33.2. The van der Waals surface area contributed by atoms with Crippen molar-refractivity contribution in [1.29, 1.82) is 0 Å². The van der Waals surface area contributed by atoms with Crippen LogP contribution in [-0.4, -0.2) is 19.9 Å². The molecule has 4 heteroatoms. The average molecular weight is 435 g/mol. The summed E-state index contributed by atoms with van der Waals surface area (Å²) in [6.45, 7) is 0. The number of nitrogens with zero attached hydrogens (tertiary/aromatic N) is 4. The predicted octanol–water partition coefficient (Wildman–Crippen LogP) is 7.21. The molecular weight excluding hydrogens is 416 g/mol. The summed E-state index contributed by atoms with van der Waals surface area (Å²) in [6.07, 6.45) is 3.63. The molecule has 7 aromatic rings. The maximum absolute atomic E-state index is 5.15. The Morgan fingerprint density at radius 1 is 0.500 bits per heavy atom. The number of para-hydroxylation sites is 1. The van der Waals surface area contributed by atoms with Crippen molar-refractivity contribution in [2.24, 2.45) is 0 Å². The van der Waals surface area contributed by atoms with Gasteiger partial charge >= 0.3 is 0 Å². The van der Waals surface area contributed by atoms with Crippen LogP contribution in [0.5, 0.6) is 0 Å². The van der Waals surface area contributed by atoms with Gasteiger partial charge in [0.15, 0.2) is 5.82 Å². The summed E-state index contributed by atoms with van der Waals surface area (Å²) >= 11 is 0. The van der Waals surface area contributed by atoms with Crippen LogP contribution >= 0.6 is 0 Å². The predicted molar refractivity (Wildman–Crippen MR) is 139 cm³/mol. The molecule has 7 rings (SSSR count). The second-order valence-electron chi connectivity index (χ2n) is 8.37. The van der Waals surface area contributed by atoms with Gasteiger partial charge in [-0.15, -0.1) is 0 Å². The molecule has 158 valence electrons. The first-order chi connectivity index (χ1) is 16.8. The highest BCUT2D eigenvalue weighted by atomic mass is 14.9. The molecule has 0 aliphatic rings. The van der Waals surface area contributed by atoms with E-state index in [1.54, 1.807) is 0 Å². The van der Waals surface area contributed by atoms with Gasteiger partial charge in [0.25, 0.3) is 0 Å². The average Bonchev–Trinajstić information content (AvgIpc) is 2.92. The van der Waals surface area contributed by atoms with Crippen LogP contribution in [0.15, 0.2) is 109 Å². The van der Waals surface area contributed by atoms with Gasteiger partial charge in [0.1, 0.15) is 0 Å². The molecule has 0 unspecified atom stereocenters. The molecule has 0 aliphatic heterocycles. The lowest BCUT2D eigenvalue weighted by Crippen LogP contribution is -1.97. The lowest BCUT2D eigenvalue weighted by atomic mass is 9.98. The molecule has 3 heterocycles. The van der Waals surface area contributed by atoms with Crippen LogP contribution in [0.25, 0.3) is 66.1 Å². The van der Waals surface area contributed by atoms with Crippen LogP contribution in [0.3, 0.4) is 0 Å². The summed E-state index contributed by atoms with van der Waals surface area (Å²) in [5, 5.41) is 5.46. The third-order valence-electron chi connectivity index (χ3n) is 6.33. The highest BCUT2D eigenvalue weighted by molar-refractivity contribution is 6.12. The lowest BCUT2D eigenvalue weighted by Gasteiger charge is -2.13. The molecule has 0 radical (unpaired) electrons. The van der Waals surface area contributed by atoms with Gasteiger partial charge in [0, 0.05) is 39.7 Å². The van der Waals surface area contributed by atoms with Gasteiger partial charge < -0.3 is 0 Å². The molecule has 0 fully saturated rings. The Hall–Kier alpha value is -4.70. The molecule has 4 nitrogen and oxygen atoms in total. The van der Waals surface area contributed by atoms with Crippen molar-refractivity contribution in [2.75, 3.05) is 0 Å². The first-order valence-electron chi connectivity index (χ1n) is 11.2. The number of rotatable bonds is 2. The topological polar surface area (TPSA) is 51.6 Å². The Morgan fingerprint density at radius 3 is 2.18 bits per heavy atom. The van der Waals surface area contributed by atoms with Crippen molar-refractivity contribution >= 4 is 43.5 Å². The molecular formula is C30H18N4. The Morgan fingerprint density at radius 2 is 1.24 bits per heavy atom. The van der Waals surface area contributed by atoms with Crippen LogP contribution in [0, 0.1) is 0 Å². The van der Waals surface area contributed by atoms with Crippen molar-refractivity contribution in [3.05, 3.63) is 109 Å². The monoisotopic (exact) mass is 434 g/mol. The first-order valence-corrected chi connectivity index (χ1v) is 11.2. The minimum atomic E-state index is 0.711. The van der Waals surface area contributed by atoms with E-state index in [0.717, 1.165) is 49.5 Å². The van der Waals surface area contributed by atoms with Gasteiger partial charge in [-0.05, 0) is 41.1 Å². The van der Waals surface area contributed by atoms with E-state index in [4.69, 9.17) is 9.97 Å². The number of pyridine rings is 2. The molecule has 0 N–H and O–H groups in total. The van der Waals surface area contributed by atoms with Gasteiger partial charge in [0.2, 0.25) is 0 Å². The maximum Gasteiger partial charge on any atom is 0.160 e. The number of fused-ring (bicyclic) bond motifs is 5. The Balaban J connectivity index is 1.57. The number of aromatic nitrogens is 4. The van der Waals surface area contributed by atoms with Crippen molar-refractivity contribution in [3.8, 4) is 22.6 Å². The molecule has 0 bridgehead atoms. The highest BCUT2D eigenvalue weighted by Crippen LogP contribution is 2.36. The van der Waals surface area contributed by atoms with Crippen molar-refractivity contribution < 1.29 is 0 Å². The van der Waals surface area contributed by atoms with Gasteiger partial charge in [-0.1, -0.05) is 66.7 Å². The summed E-state index contributed by atoms with van der Waals surface area (Å²) in [5.41, 5.74) is 5.62. The number of hydrogen-bond donors (Lipinski definition) is 0. The highest BCUT2D eigenvalue weighted by Gasteiger charge is 2.16. The van der Waals surface area contributed by atoms with E-state index in [1.807, 2.05) is 42.7 Å². The molecule has 0 atom stereocenters. The van der Waals surface area contributed by atoms with Crippen molar-refractivity contribution in [1.82, 2.24) is 19.9 Å². The third kappa shape index (κ3) is 2.93. The van der Waals surface area contributed by atoms with E-state index in [1.165, 1.54) is 10.8 Å². The van der Waals surface area contributed by atoms with Crippen LogP contribution < -0.4 is 0 Å². The smallest absolute Gasteiger partial charge is 0.160 e. The summed E-state index contributed by atoms with van der Waals surface area (Å²) in [5.74, 6) is 0.711. The fourth-order valence-corrected chi connectivity index (χ4v) is 4.71. The summed E-state index contributed by atoms with van der Waals surface area (Å²) in [7, 11) is 0. The zero-order chi connectivity index (χ0) is 22.5. The van der Waals surface area contributed by atoms with Crippen LogP contribution in [-0.2, 0) is 0 Å². The van der Waals surface area contributed by atoms with Crippen molar-refractivity contribution in [2.45, 2.75) is 0 Å². The molecule has 3 aromatic heterocycles. The minimum Gasteiger partial charge on any atom is -0.254 e. The molecule has 34 heavy (non-hydrogen) atoms. The number of hydrogen-bond acceptors (Lipinski definition) is 4. The van der Waals surface area contributed by atoms with E-state index in [0.29, 0.717) is 5.82 Å². The maximum atomic E-state index is 5.15. The minimum absolute atomic E-state index is 0.711. The number of benzene rings is 4.